The average Bonchev–Trinajstić information content (AvgIpc) is 3.02. The zero-order chi connectivity index (χ0) is 22.4. The second-order valence-electron chi connectivity index (χ2n) is 8.84. The van der Waals surface area contributed by atoms with E-state index in [9.17, 15) is 14.4 Å². The first-order valence-corrected chi connectivity index (χ1v) is 10.3. The van der Waals surface area contributed by atoms with Crippen molar-refractivity contribution in [2.45, 2.75) is 64.5 Å². The van der Waals surface area contributed by atoms with Crippen LogP contribution in [-0.2, 0) is 25.5 Å². The number of carbonyl (C=O) groups excluding carboxylic acids is 3. The normalized spacial score (nSPS) is 14.5. The number of nitrogens with zero attached hydrogens (tertiary/aromatic N) is 1. The summed E-state index contributed by atoms with van der Waals surface area (Å²) < 4.78 is 5.76. The second kappa shape index (κ2) is 10.00. The fourth-order valence-electron chi connectivity index (χ4n) is 3.25. The molecule has 0 atom stereocenters. The van der Waals surface area contributed by atoms with E-state index < -0.39 is 0 Å². The summed E-state index contributed by atoms with van der Waals surface area (Å²) in [7, 11) is 0. The van der Waals surface area contributed by atoms with E-state index in [0.717, 1.165) is 23.3 Å². The molecule has 0 saturated heterocycles. The van der Waals surface area contributed by atoms with E-state index in [1.165, 1.54) is 12.2 Å². The lowest BCUT2D eigenvalue weighted by molar-refractivity contribution is -0.123. The number of imide groups is 1. The average molecular weight is 416 g/mol. The zero-order valence-electron chi connectivity index (χ0n) is 18.4. The number of aryl methyl sites for hydroxylation is 1. The number of anilines is 1. The number of benzene rings is 1. The standard InChI is InChI=1S/C23H33N3O4/c1-22(2,13-14-23(3,4)30-16-15-24)25-19(27)10-7-17-5-8-18(9-6-17)26-20(28)11-12-21(26)29/h5-6,8-9,11-12H,7,10,13-16,24H2,1-4H3,(H,25,27). The van der Waals surface area contributed by atoms with Crippen molar-refractivity contribution < 1.29 is 19.1 Å². The lowest BCUT2D eigenvalue weighted by Gasteiger charge is -2.32. The number of rotatable bonds is 11. The SMILES string of the molecule is CC(C)(CCC(C)(C)OCCN)NC(=O)CCc1ccc(N2C(=O)C=CC2=O)cc1. The molecule has 1 aliphatic heterocycles. The van der Waals surface area contributed by atoms with E-state index in [0.29, 0.717) is 31.7 Å². The minimum Gasteiger partial charge on any atom is -0.374 e. The Morgan fingerprint density at radius 3 is 2.20 bits per heavy atom. The molecule has 0 aliphatic carbocycles. The highest BCUT2D eigenvalue weighted by molar-refractivity contribution is 6.28. The van der Waals surface area contributed by atoms with Gasteiger partial charge in [0.25, 0.3) is 11.8 Å². The summed E-state index contributed by atoms with van der Waals surface area (Å²) in [5.41, 5.74) is 6.38. The Morgan fingerprint density at radius 2 is 1.63 bits per heavy atom. The van der Waals surface area contributed by atoms with Crippen LogP contribution in [0.3, 0.4) is 0 Å². The molecule has 1 heterocycles. The van der Waals surface area contributed by atoms with E-state index in [1.807, 2.05) is 39.8 Å². The van der Waals surface area contributed by atoms with Gasteiger partial charge in [-0.25, -0.2) is 4.90 Å². The predicted molar refractivity (Wildman–Crippen MR) is 117 cm³/mol. The Balaban J connectivity index is 1.81. The molecule has 0 spiro atoms. The summed E-state index contributed by atoms with van der Waals surface area (Å²) in [6, 6.07) is 7.13. The van der Waals surface area contributed by atoms with Crippen molar-refractivity contribution in [1.82, 2.24) is 5.32 Å². The molecule has 7 nitrogen and oxygen atoms in total. The van der Waals surface area contributed by atoms with Gasteiger partial charge in [-0.2, -0.15) is 0 Å². The molecule has 7 heteroatoms. The van der Waals surface area contributed by atoms with E-state index >= 15 is 0 Å². The molecule has 0 bridgehead atoms. The molecular weight excluding hydrogens is 382 g/mol. The maximum absolute atomic E-state index is 12.4. The third-order valence-electron chi connectivity index (χ3n) is 5.09. The van der Waals surface area contributed by atoms with Gasteiger partial charge in [-0.1, -0.05) is 12.1 Å². The maximum Gasteiger partial charge on any atom is 0.258 e. The number of hydrogen-bond acceptors (Lipinski definition) is 5. The summed E-state index contributed by atoms with van der Waals surface area (Å²) in [6.07, 6.45) is 5.05. The highest BCUT2D eigenvalue weighted by Crippen LogP contribution is 2.23. The van der Waals surface area contributed by atoms with Crippen molar-refractivity contribution in [3.05, 3.63) is 42.0 Å². The second-order valence-corrected chi connectivity index (χ2v) is 8.84. The Bertz CT molecular complexity index is 779. The van der Waals surface area contributed by atoms with E-state index in [-0.39, 0.29) is 28.9 Å². The molecular formula is C23H33N3O4. The molecule has 3 amide bonds. The summed E-state index contributed by atoms with van der Waals surface area (Å²) in [4.78, 5) is 37.0. The number of hydrogen-bond donors (Lipinski definition) is 2. The molecule has 1 aliphatic rings. The van der Waals surface area contributed by atoms with Gasteiger partial charge in [0.15, 0.2) is 0 Å². The molecule has 164 valence electrons. The fourth-order valence-corrected chi connectivity index (χ4v) is 3.25. The van der Waals surface area contributed by atoms with Gasteiger partial charge in [0.1, 0.15) is 0 Å². The highest BCUT2D eigenvalue weighted by Gasteiger charge is 2.26. The van der Waals surface area contributed by atoms with E-state index in [4.69, 9.17) is 10.5 Å². The monoisotopic (exact) mass is 415 g/mol. The largest absolute Gasteiger partial charge is 0.374 e. The molecule has 0 saturated carbocycles. The van der Waals surface area contributed by atoms with Gasteiger partial charge in [-0.05, 0) is 64.7 Å². The van der Waals surface area contributed by atoms with Crippen LogP contribution in [0.4, 0.5) is 5.69 Å². The summed E-state index contributed by atoms with van der Waals surface area (Å²) in [5, 5.41) is 3.10. The van der Waals surface area contributed by atoms with Crippen LogP contribution in [-0.4, -0.2) is 42.0 Å². The first-order valence-electron chi connectivity index (χ1n) is 10.3. The molecule has 0 aromatic heterocycles. The minimum atomic E-state index is -0.342. The maximum atomic E-state index is 12.4. The van der Waals surface area contributed by atoms with E-state index in [1.54, 1.807) is 12.1 Å². The Kier molecular flexibility index (Phi) is 7.92. The number of amides is 3. The van der Waals surface area contributed by atoms with Crippen LogP contribution < -0.4 is 16.0 Å². The van der Waals surface area contributed by atoms with Crippen LogP contribution in [0.15, 0.2) is 36.4 Å². The van der Waals surface area contributed by atoms with Crippen LogP contribution in [0.1, 0.15) is 52.5 Å². The highest BCUT2D eigenvalue weighted by atomic mass is 16.5. The van der Waals surface area contributed by atoms with Crippen LogP contribution >= 0.6 is 0 Å². The molecule has 0 fully saturated rings. The van der Waals surface area contributed by atoms with Crippen molar-refractivity contribution in [3.63, 3.8) is 0 Å². The topological polar surface area (TPSA) is 102 Å². The first kappa shape index (κ1) is 23.8. The third kappa shape index (κ3) is 7.07. The van der Waals surface area contributed by atoms with Crippen molar-refractivity contribution in [2.24, 2.45) is 5.73 Å². The molecule has 1 aromatic rings. The third-order valence-corrected chi connectivity index (χ3v) is 5.09. The van der Waals surface area contributed by atoms with Gasteiger partial charge in [0, 0.05) is 30.7 Å². The summed E-state index contributed by atoms with van der Waals surface area (Å²) in [6.45, 7) is 9.10. The molecule has 0 unspecified atom stereocenters. The van der Waals surface area contributed by atoms with Crippen LogP contribution in [0.5, 0.6) is 0 Å². The number of carbonyl (C=O) groups is 3. The number of nitrogens with one attached hydrogen (secondary N) is 1. The molecule has 3 N–H and O–H groups in total. The Labute approximate surface area is 178 Å². The molecule has 30 heavy (non-hydrogen) atoms. The van der Waals surface area contributed by atoms with Gasteiger partial charge in [0.05, 0.1) is 17.9 Å². The Hall–Kier alpha value is -2.51. The lowest BCUT2D eigenvalue weighted by atomic mass is 9.91. The van der Waals surface area contributed by atoms with Gasteiger partial charge >= 0.3 is 0 Å². The van der Waals surface area contributed by atoms with Crippen LogP contribution in [0, 0.1) is 0 Å². The lowest BCUT2D eigenvalue weighted by Crippen LogP contribution is -2.45. The van der Waals surface area contributed by atoms with Crippen LogP contribution in [0.2, 0.25) is 0 Å². The van der Waals surface area contributed by atoms with Crippen molar-refractivity contribution in [3.8, 4) is 0 Å². The van der Waals surface area contributed by atoms with Gasteiger partial charge in [0.2, 0.25) is 5.91 Å². The summed E-state index contributed by atoms with van der Waals surface area (Å²) >= 11 is 0. The van der Waals surface area contributed by atoms with Gasteiger partial charge in [-0.3, -0.25) is 14.4 Å². The Morgan fingerprint density at radius 1 is 1.03 bits per heavy atom. The van der Waals surface area contributed by atoms with Crippen molar-refractivity contribution >= 4 is 23.4 Å². The molecule has 0 radical (unpaired) electrons. The quantitative estimate of drug-likeness (QED) is 0.541. The molecule has 1 aromatic carbocycles. The predicted octanol–water partition coefficient (Wildman–Crippen LogP) is 2.48. The number of ether oxygens (including phenoxy) is 1. The number of nitrogens with two attached hydrogens (primary N) is 1. The smallest absolute Gasteiger partial charge is 0.258 e. The molecule has 2 rings (SSSR count). The fraction of sp³-hybridized carbons (Fsp3) is 0.522. The van der Waals surface area contributed by atoms with Crippen molar-refractivity contribution in [1.29, 1.82) is 0 Å². The van der Waals surface area contributed by atoms with E-state index in [2.05, 4.69) is 5.32 Å². The van der Waals surface area contributed by atoms with Gasteiger partial charge < -0.3 is 15.8 Å². The van der Waals surface area contributed by atoms with Crippen LogP contribution in [0.25, 0.3) is 0 Å². The zero-order valence-corrected chi connectivity index (χ0v) is 18.4. The first-order chi connectivity index (χ1) is 14.0. The van der Waals surface area contributed by atoms with Crippen molar-refractivity contribution in [2.75, 3.05) is 18.1 Å². The minimum absolute atomic E-state index is 0.0149. The summed E-state index contributed by atoms with van der Waals surface area (Å²) in [5.74, 6) is -0.698. The van der Waals surface area contributed by atoms with Gasteiger partial charge in [-0.15, -0.1) is 0 Å².